The van der Waals surface area contributed by atoms with Crippen LogP contribution in [0.2, 0.25) is 0 Å². The van der Waals surface area contributed by atoms with Gasteiger partial charge in [0.1, 0.15) is 0 Å². The van der Waals surface area contributed by atoms with Gasteiger partial charge in [0, 0.05) is 24.4 Å². The zero-order chi connectivity index (χ0) is 12.3. The predicted molar refractivity (Wildman–Crippen MR) is 67.3 cm³/mol. The monoisotopic (exact) mass is 254 g/mol. The number of hydrogen-bond acceptors (Lipinski definition) is 5. The molecule has 94 valence electrons. The van der Waals surface area contributed by atoms with E-state index < -0.39 is 0 Å². The van der Waals surface area contributed by atoms with Crippen molar-refractivity contribution in [1.82, 2.24) is 9.88 Å². The van der Waals surface area contributed by atoms with Crippen molar-refractivity contribution in [3.63, 3.8) is 0 Å². The molecule has 0 saturated carbocycles. The zero-order valence-corrected chi connectivity index (χ0v) is 11.2. The minimum Gasteiger partial charge on any atom is -0.461 e. The van der Waals surface area contributed by atoms with Crippen molar-refractivity contribution in [3.8, 4) is 0 Å². The Kier molecular flexibility index (Phi) is 4.12. The third kappa shape index (κ3) is 2.84. The Labute approximate surface area is 106 Å². The number of carbonyl (C=O) groups is 1. The molecule has 0 unspecified atom stereocenters. The van der Waals surface area contributed by atoms with Gasteiger partial charge in [0.2, 0.25) is 5.01 Å². The first-order valence-electron chi connectivity index (χ1n) is 6.12. The molecule has 0 saturated heterocycles. The van der Waals surface area contributed by atoms with Crippen molar-refractivity contribution < 1.29 is 9.53 Å². The number of ether oxygens (including phenoxy) is 1. The fraction of sp³-hybridized carbons (Fsp3) is 0.667. The minimum atomic E-state index is -0.283. The standard InChI is InChI=1S/C12H18N2O2S/c1-3-6-14-7-5-9-10(8-14)17-11(13-9)12(15)16-4-2/h3-8H2,1-2H3. The quantitative estimate of drug-likeness (QED) is 0.772. The van der Waals surface area contributed by atoms with Gasteiger partial charge in [-0.15, -0.1) is 11.3 Å². The molecule has 2 rings (SSSR count). The number of nitrogens with zero attached hydrogens (tertiary/aromatic N) is 2. The summed E-state index contributed by atoms with van der Waals surface area (Å²) < 4.78 is 4.98. The minimum absolute atomic E-state index is 0.283. The van der Waals surface area contributed by atoms with Crippen LogP contribution in [-0.2, 0) is 17.7 Å². The molecule has 0 bridgehead atoms. The van der Waals surface area contributed by atoms with Gasteiger partial charge in [-0.25, -0.2) is 9.78 Å². The highest BCUT2D eigenvalue weighted by Gasteiger charge is 2.22. The third-order valence-electron chi connectivity index (χ3n) is 2.80. The highest BCUT2D eigenvalue weighted by molar-refractivity contribution is 7.13. The van der Waals surface area contributed by atoms with Gasteiger partial charge in [-0.05, 0) is 19.9 Å². The lowest BCUT2D eigenvalue weighted by atomic mass is 10.2. The number of aromatic nitrogens is 1. The first kappa shape index (κ1) is 12.5. The van der Waals surface area contributed by atoms with Gasteiger partial charge in [0.15, 0.2) is 0 Å². The lowest BCUT2D eigenvalue weighted by Gasteiger charge is -2.24. The molecule has 0 spiro atoms. The summed E-state index contributed by atoms with van der Waals surface area (Å²) in [4.78, 5) is 19.6. The molecule has 2 heterocycles. The van der Waals surface area contributed by atoms with Crippen molar-refractivity contribution >= 4 is 17.3 Å². The molecule has 0 N–H and O–H groups in total. The molecule has 0 atom stereocenters. The number of carbonyl (C=O) groups excluding carboxylic acids is 1. The van der Waals surface area contributed by atoms with Crippen molar-refractivity contribution in [1.29, 1.82) is 0 Å². The maximum atomic E-state index is 11.6. The molecule has 0 radical (unpaired) electrons. The van der Waals surface area contributed by atoms with Gasteiger partial charge in [0.25, 0.3) is 0 Å². The first-order chi connectivity index (χ1) is 8.24. The third-order valence-corrected chi connectivity index (χ3v) is 3.86. The summed E-state index contributed by atoms with van der Waals surface area (Å²) in [6.45, 7) is 7.50. The molecule has 1 aromatic heterocycles. The van der Waals surface area contributed by atoms with Crippen molar-refractivity contribution in [3.05, 3.63) is 15.6 Å². The molecule has 1 aliphatic rings. The van der Waals surface area contributed by atoms with E-state index in [-0.39, 0.29) is 5.97 Å². The van der Waals surface area contributed by atoms with E-state index in [9.17, 15) is 4.79 Å². The number of esters is 1. The Morgan fingerprint density at radius 2 is 2.35 bits per heavy atom. The first-order valence-corrected chi connectivity index (χ1v) is 6.94. The topological polar surface area (TPSA) is 42.4 Å². The van der Waals surface area contributed by atoms with Crippen LogP contribution in [0, 0.1) is 0 Å². The molecular formula is C12H18N2O2S. The fourth-order valence-corrected chi connectivity index (χ4v) is 3.08. The summed E-state index contributed by atoms with van der Waals surface area (Å²) in [6.07, 6.45) is 2.12. The fourth-order valence-electron chi connectivity index (χ4n) is 2.04. The van der Waals surface area contributed by atoms with Gasteiger partial charge in [-0.2, -0.15) is 0 Å². The van der Waals surface area contributed by atoms with Crippen LogP contribution in [-0.4, -0.2) is 35.5 Å². The summed E-state index contributed by atoms with van der Waals surface area (Å²) in [5.74, 6) is -0.283. The van der Waals surface area contributed by atoms with E-state index in [1.54, 1.807) is 0 Å². The van der Waals surface area contributed by atoms with Crippen LogP contribution < -0.4 is 0 Å². The van der Waals surface area contributed by atoms with Crippen LogP contribution in [0.4, 0.5) is 0 Å². The highest BCUT2D eigenvalue weighted by atomic mass is 32.1. The Hall–Kier alpha value is -0.940. The summed E-state index contributed by atoms with van der Waals surface area (Å²) in [5, 5.41) is 0.509. The van der Waals surface area contributed by atoms with Gasteiger partial charge in [-0.1, -0.05) is 6.92 Å². The maximum absolute atomic E-state index is 11.6. The van der Waals surface area contributed by atoms with E-state index in [4.69, 9.17) is 4.74 Å². The van der Waals surface area contributed by atoms with Crippen LogP contribution in [0.5, 0.6) is 0 Å². The van der Waals surface area contributed by atoms with E-state index in [0.29, 0.717) is 11.6 Å². The molecule has 0 aliphatic carbocycles. The average molecular weight is 254 g/mol. The highest BCUT2D eigenvalue weighted by Crippen LogP contribution is 2.25. The van der Waals surface area contributed by atoms with Gasteiger partial charge >= 0.3 is 5.97 Å². The van der Waals surface area contributed by atoms with Crippen LogP contribution in [0.1, 0.15) is 40.6 Å². The predicted octanol–water partition coefficient (Wildman–Crippen LogP) is 2.09. The van der Waals surface area contributed by atoms with Crippen LogP contribution in [0.15, 0.2) is 0 Å². The number of hydrogen-bond donors (Lipinski definition) is 0. The smallest absolute Gasteiger partial charge is 0.367 e. The number of rotatable bonds is 4. The Morgan fingerprint density at radius 1 is 1.53 bits per heavy atom. The number of thiazole rings is 1. The Morgan fingerprint density at radius 3 is 3.06 bits per heavy atom. The van der Waals surface area contributed by atoms with Gasteiger partial charge < -0.3 is 4.74 Å². The second kappa shape index (κ2) is 5.60. The molecule has 5 heteroatoms. The van der Waals surface area contributed by atoms with Gasteiger partial charge in [0.05, 0.1) is 12.3 Å². The Bertz CT molecular complexity index is 403. The summed E-state index contributed by atoms with van der Waals surface area (Å²) >= 11 is 1.49. The van der Waals surface area contributed by atoms with E-state index in [0.717, 1.165) is 31.7 Å². The second-order valence-corrected chi connectivity index (χ2v) is 5.22. The molecule has 0 aromatic carbocycles. The molecular weight excluding hydrogens is 236 g/mol. The van der Waals surface area contributed by atoms with Crippen molar-refractivity contribution in [2.24, 2.45) is 0 Å². The van der Waals surface area contributed by atoms with E-state index in [1.807, 2.05) is 6.92 Å². The number of fused-ring (bicyclic) bond motifs is 1. The second-order valence-electron chi connectivity index (χ2n) is 4.14. The van der Waals surface area contributed by atoms with Crippen molar-refractivity contribution in [2.75, 3.05) is 19.7 Å². The zero-order valence-electron chi connectivity index (χ0n) is 10.4. The largest absolute Gasteiger partial charge is 0.461 e. The Balaban J connectivity index is 2.09. The van der Waals surface area contributed by atoms with E-state index >= 15 is 0 Å². The van der Waals surface area contributed by atoms with Crippen LogP contribution >= 0.6 is 11.3 Å². The SMILES string of the molecule is CCCN1CCc2nc(C(=O)OCC)sc2C1. The molecule has 0 amide bonds. The molecule has 17 heavy (non-hydrogen) atoms. The lowest BCUT2D eigenvalue weighted by molar-refractivity contribution is 0.0525. The summed E-state index contributed by atoms with van der Waals surface area (Å²) in [6, 6.07) is 0. The van der Waals surface area contributed by atoms with Crippen molar-refractivity contribution in [2.45, 2.75) is 33.2 Å². The van der Waals surface area contributed by atoms with Gasteiger partial charge in [-0.3, -0.25) is 4.90 Å². The molecule has 1 aliphatic heterocycles. The lowest BCUT2D eigenvalue weighted by Crippen LogP contribution is -2.30. The molecule has 4 nitrogen and oxygen atoms in total. The summed E-state index contributed by atoms with van der Waals surface area (Å²) in [5.41, 5.74) is 1.09. The van der Waals surface area contributed by atoms with E-state index in [1.165, 1.54) is 22.6 Å². The maximum Gasteiger partial charge on any atom is 0.367 e. The van der Waals surface area contributed by atoms with Crippen LogP contribution in [0.3, 0.4) is 0 Å². The summed E-state index contributed by atoms with van der Waals surface area (Å²) in [7, 11) is 0. The normalized spacial score (nSPS) is 15.6. The van der Waals surface area contributed by atoms with E-state index in [2.05, 4.69) is 16.8 Å². The average Bonchev–Trinajstić information content (AvgIpc) is 2.73. The molecule has 0 fully saturated rings. The molecule has 1 aromatic rings. The van der Waals surface area contributed by atoms with Crippen LogP contribution in [0.25, 0.3) is 0 Å².